The van der Waals surface area contributed by atoms with Crippen LogP contribution in [0.5, 0.6) is 0 Å². The van der Waals surface area contributed by atoms with Crippen LogP contribution in [0, 0.1) is 23.1 Å². The molecular weight excluding hydrogens is 419 g/mol. The molecule has 0 aliphatic carbocycles. The lowest BCUT2D eigenvalue weighted by Gasteiger charge is -2.38. The van der Waals surface area contributed by atoms with Gasteiger partial charge in [0, 0.05) is 50.5 Å². The van der Waals surface area contributed by atoms with E-state index in [1.165, 1.54) is 19.4 Å². The number of nitriles is 1. The van der Waals surface area contributed by atoms with Gasteiger partial charge in [0.2, 0.25) is 0 Å². The molecule has 2 fully saturated rings. The monoisotopic (exact) mass is 448 g/mol. The van der Waals surface area contributed by atoms with Crippen LogP contribution >= 0.6 is 0 Å². The third-order valence-corrected chi connectivity index (χ3v) is 6.62. The summed E-state index contributed by atoms with van der Waals surface area (Å²) in [5.41, 5.74) is 2.72. The minimum absolute atomic E-state index is 0.0904. The molecule has 0 N–H and O–H groups in total. The van der Waals surface area contributed by atoms with Gasteiger partial charge in [0.15, 0.2) is 5.78 Å². The first-order chi connectivity index (χ1) is 15.9. The lowest BCUT2D eigenvalue weighted by Crippen LogP contribution is -2.49. The van der Waals surface area contributed by atoms with Crippen molar-refractivity contribution in [3.05, 3.63) is 58.9 Å². The average Bonchev–Trinajstić information content (AvgIpc) is 2.83. The first kappa shape index (κ1) is 22.8. The predicted octanol–water partition coefficient (Wildman–Crippen LogP) is 4.10. The zero-order valence-corrected chi connectivity index (χ0v) is 19.2. The minimum Gasteiger partial charge on any atom is -0.371 e. The molecule has 1 unspecified atom stereocenters. The Hall–Kier alpha value is -3.40. The number of amides is 1. The third kappa shape index (κ3) is 4.85. The Morgan fingerprint density at radius 1 is 1.00 bits per heavy atom. The van der Waals surface area contributed by atoms with Gasteiger partial charge in [-0.2, -0.15) is 5.26 Å². The van der Waals surface area contributed by atoms with Gasteiger partial charge < -0.3 is 14.7 Å². The summed E-state index contributed by atoms with van der Waals surface area (Å²) in [4.78, 5) is 30.9. The SMILES string of the molecule is CC(=O)c1ccc(N2CCN(C(=O)c3cc(C#N)ccc3N3CCCC(C)C3)CC2)c(F)c1. The van der Waals surface area contributed by atoms with Crippen LogP contribution in [0.2, 0.25) is 0 Å². The summed E-state index contributed by atoms with van der Waals surface area (Å²) < 4.78 is 14.6. The molecule has 0 aromatic heterocycles. The van der Waals surface area contributed by atoms with Crippen molar-refractivity contribution < 1.29 is 14.0 Å². The molecule has 33 heavy (non-hydrogen) atoms. The van der Waals surface area contributed by atoms with Gasteiger partial charge in [0.25, 0.3) is 5.91 Å². The van der Waals surface area contributed by atoms with Crippen LogP contribution in [0.4, 0.5) is 15.8 Å². The summed E-state index contributed by atoms with van der Waals surface area (Å²) in [5.74, 6) is -0.127. The van der Waals surface area contributed by atoms with Crippen LogP contribution < -0.4 is 9.80 Å². The van der Waals surface area contributed by atoms with Crippen molar-refractivity contribution in [3.8, 4) is 6.07 Å². The van der Waals surface area contributed by atoms with Gasteiger partial charge >= 0.3 is 0 Å². The zero-order chi connectivity index (χ0) is 23.5. The fraction of sp³-hybridized carbons (Fsp3) is 0.423. The van der Waals surface area contributed by atoms with Gasteiger partial charge in [-0.1, -0.05) is 6.92 Å². The summed E-state index contributed by atoms with van der Waals surface area (Å²) in [7, 11) is 0. The number of carbonyl (C=O) groups is 2. The average molecular weight is 449 g/mol. The molecule has 0 radical (unpaired) electrons. The number of halogens is 1. The molecule has 6 nitrogen and oxygen atoms in total. The van der Waals surface area contributed by atoms with Crippen molar-refractivity contribution in [1.82, 2.24) is 4.90 Å². The summed E-state index contributed by atoms with van der Waals surface area (Å²) in [6, 6.07) is 12.1. The number of piperazine rings is 1. The van der Waals surface area contributed by atoms with Crippen molar-refractivity contribution in [2.45, 2.75) is 26.7 Å². The molecule has 2 aliphatic rings. The maximum absolute atomic E-state index is 14.6. The van der Waals surface area contributed by atoms with E-state index >= 15 is 0 Å². The highest BCUT2D eigenvalue weighted by Gasteiger charge is 2.28. The number of carbonyl (C=O) groups excluding carboxylic acids is 2. The molecule has 0 bridgehead atoms. The van der Waals surface area contributed by atoms with Gasteiger partial charge in [-0.25, -0.2) is 4.39 Å². The Bertz CT molecular complexity index is 1100. The number of hydrogen-bond acceptors (Lipinski definition) is 5. The van der Waals surface area contributed by atoms with E-state index in [9.17, 15) is 19.2 Å². The van der Waals surface area contributed by atoms with Gasteiger partial charge in [0.1, 0.15) is 5.82 Å². The predicted molar refractivity (Wildman–Crippen MR) is 126 cm³/mol. The van der Waals surface area contributed by atoms with E-state index in [0.717, 1.165) is 25.2 Å². The van der Waals surface area contributed by atoms with Gasteiger partial charge in [-0.3, -0.25) is 9.59 Å². The maximum atomic E-state index is 14.6. The molecule has 2 aromatic rings. The number of anilines is 2. The molecule has 2 heterocycles. The number of nitrogens with zero attached hydrogens (tertiary/aromatic N) is 4. The largest absolute Gasteiger partial charge is 0.371 e. The number of benzene rings is 2. The highest BCUT2D eigenvalue weighted by atomic mass is 19.1. The molecular formula is C26H29FN4O2. The number of hydrogen-bond donors (Lipinski definition) is 0. The quantitative estimate of drug-likeness (QED) is 0.659. The normalized spacial score (nSPS) is 18.7. The molecule has 172 valence electrons. The first-order valence-corrected chi connectivity index (χ1v) is 11.5. The summed E-state index contributed by atoms with van der Waals surface area (Å²) in [5, 5.41) is 9.39. The van der Waals surface area contributed by atoms with Crippen LogP contribution in [0.1, 0.15) is 53.0 Å². The molecule has 4 rings (SSSR count). The number of piperidine rings is 1. The van der Waals surface area contributed by atoms with Crippen molar-refractivity contribution in [3.63, 3.8) is 0 Å². The Labute approximate surface area is 194 Å². The van der Waals surface area contributed by atoms with Crippen molar-refractivity contribution in [2.75, 3.05) is 49.1 Å². The highest BCUT2D eigenvalue weighted by Crippen LogP contribution is 2.29. The topological polar surface area (TPSA) is 67.6 Å². The summed E-state index contributed by atoms with van der Waals surface area (Å²) >= 11 is 0. The fourth-order valence-corrected chi connectivity index (χ4v) is 4.76. The fourth-order valence-electron chi connectivity index (χ4n) is 4.76. The van der Waals surface area contributed by atoms with Crippen LogP contribution in [-0.2, 0) is 0 Å². The third-order valence-electron chi connectivity index (χ3n) is 6.62. The lowest BCUT2D eigenvalue weighted by atomic mass is 9.98. The van der Waals surface area contributed by atoms with Gasteiger partial charge in [-0.15, -0.1) is 0 Å². The molecule has 2 aliphatic heterocycles. The van der Waals surface area contributed by atoms with E-state index in [-0.39, 0.29) is 11.7 Å². The molecule has 7 heteroatoms. The van der Waals surface area contributed by atoms with E-state index in [1.54, 1.807) is 29.2 Å². The van der Waals surface area contributed by atoms with Crippen molar-refractivity contribution in [1.29, 1.82) is 5.26 Å². The molecule has 2 aromatic carbocycles. The smallest absolute Gasteiger partial charge is 0.256 e. The molecule has 1 amide bonds. The molecule has 2 saturated heterocycles. The summed E-state index contributed by atoms with van der Waals surface area (Å²) in [6.45, 7) is 7.35. The molecule has 1 atom stereocenters. The highest BCUT2D eigenvalue weighted by molar-refractivity contribution is 6.00. The number of Topliss-reactive ketones (excluding diaryl/α,β-unsaturated/α-hetero) is 1. The van der Waals surface area contributed by atoms with Crippen molar-refractivity contribution >= 4 is 23.1 Å². The second-order valence-electron chi connectivity index (χ2n) is 9.04. The Morgan fingerprint density at radius 2 is 1.73 bits per heavy atom. The minimum atomic E-state index is -0.425. The molecule has 0 saturated carbocycles. The van der Waals surface area contributed by atoms with Gasteiger partial charge in [-0.05, 0) is 62.1 Å². The lowest BCUT2D eigenvalue weighted by molar-refractivity contribution is 0.0746. The van der Waals surface area contributed by atoms with E-state index < -0.39 is 5.82 Å². The van der Waals surface area contributed by atoms with Crippen LogP contribution in [0.25, 0.3) is 0 Å². The van der Waals surface area contributed by atoms with E-state index in [1.807, 2.05) is 11.0 Å². The maximum Gasteiger partial charge on any atom is 0.256 e. The van der Waals surface area contributed by atoms with E-state index in [2.05, 4.69) is 17.9 Å². The number of ketones is 1. The second-order valence-corrected chi connectivity index (χ2v) is 9.04. The van der Waals surface area contributed by atoms with E-state index in [4.69, 9.17) is 0 Å². The first-order valence-electron chi connectivity index (χ1n) is 11.5. The van der Waals surface area contributed by atoms with Crippen LogP contribution in [0.3, 0.4) is 0 Å². The zero-order valence-electron chi connectivity index (χ0n) is 19.2. The number of rotatable bonds is 4. The molecule has 0 spiro atoms. The van der Waals surface area contributed by atoms with Crippen LogP contribution in [0.15, 0.2) is 36.4 Å². The van der Waals surface area contributed by atoms with Crippen LogP contribution in [-0.4, -0.2) is 55.9 Å². The summed E-state index contributed by atoms with van der Waals surface area (Å²) in [6.07, 6.45) is 2.27. The Balaban J connectivity index is 1.51. The standard InChI is InChI=1S/C26H29FN4O2/c1-18-4-3-9-31(17-18)24-7-5-20(16-28)14-22(24)26(33)30-12-10-29(11-13-30)25-8-6-21(19(2)32)15-23(25)27/h5-8,14-15,18H,3-4,9-13,17H2,1-2H3. The Kier molecular flexibility index (Phi) is 6.64. The second kappa shape index (κ2) is 9.62. The van der Waals surface area contributed by atoms with Crippen molar-refractivity contribution in [2.24, 2.45) is 5.92 Å². The Morgan fingerprint density at radius 3 is 2.36 bits per heavy atom. The van der Waals surface area contributed by atoms with Gasteiger partial charge in [0.05, 0.1) is 22.9 Å². The van der Waals surface area contributed by atoms with E-state index in [0.29, 0.717) is 54.5 Å².